The first-order chi connectivity index (χ1) is 4.15. The summed E-state index contributed by atoms with van der Waals surface area (Å²) in [6.07, 6.45) is 0.851. The van der Waals surface area contributed by atoms with Crippen molar-refractivity contribution in [3.63, 3.8) is 0 Å². The topological polar surface area (TPSA) is 77.2 Å². The number of rotatable bonds is 1. The van der Waals surface area contributed by atoms with Crippen LogP contribution < -0.4 is 5.73 Å². The van der Waals surface area contributed by atoms with Crippen molar-refractivity contribution in [2.45, 2.75) is 19.4 Å². The van der Waals surface area contributed by atoms with E-state index < -0.39 is 20.5 Å². The molecule has 0 rings (SSSR count). The van der Waals surface area contributed by atoms with Gasteiger partial charge in [-0.25, -0.2) is 8.42 Å². The van der Waals surface area contributed by atoms with Crippen LogP contribution in [0.4, 0.5) is 0 Å². The molecule has 4 nitrogen and oxygen atoms in total. The first kappa shape index (κ1) is 9.58. The lowest BCUT2D eigenvalue weighted by atomic mass is 10.1. The molecule has 0 aliphatic carbocycles. The minimum Gasteiger partial charge on any atom is -0.319 e. The molecule has 0 aromatic rings. The van der Waals surface area contributed by atoms with Crippen LogP contribution in [0.1, 0.15) is 13.8 Å². The summed E-state index contributed by atoms with van der Waals surface area (Å²) in [6, 6.07) is 0. The van der Waals surface area contributed by atoms with E-state index in [1.165, 1.54) is 13.8 Å². The normalized spacial score (nSPS) is 13.2. The van der Waals surface area contributed by atoms with Gasteiger partial charge in [0.1, 0.15) is 0 Å². The van der Waals surface area contributed by atoms with Gasteiger partial charge in [-0.1, -0.05) is 0 Å². The lowest BCUT2D eigenvalue weighted by Crippen LogP contribution is -2.45. The zero-order valence-corrected chi connectivity index (χ0v) is 7.03. The molecule has 0 amide bonds. The average molecular weight is 165 g/mol. The van der Waals surface area contributed by atoms with E-state index in [-0.39, 0.29) is 0 Å². The van der Waals surface area contributed by atoms with Gasteiger partial charge in [0, 0.05) is 6.26 Å². The van der Waals surface area contributed by atoms with Crippen molar-refractivity contribution >= 4 is 15.0 Å². The average Bonchev–Trinajstić information content (AvgIpc) is 1.59. The summed E-state index contributed by atoms with van der Waals surface area (Å²) in [5, 5.41) is -0.931. The second-order valence-electron chi connectivity index (χ2n) is 2.78. The van der Waals surface area contributed by atoms with Gasteiger partial charge < -0.3 is 5.73 Å². The van der Waals surface area contributed by atoms with E-state index >= 15 is 0 Å². The Balaban J connectivity index is 4.75. The van der Waals surface area contributed by atoms with Gasteiger partial charge in [-0.2, -0.15) is 0 Å². The van der Waals surface area contributed by atoms with E-state index in [0.29, 0.717) is 0 Å². The molecular weight excluding hydrogens is 154 g/mol. The minimum atomic E-state index is -3.62. The van der Waals surface area contributed by atoms with Crippen LogP contribution in [0.2, 0.25) is 0 Å². The molecule has 0 unspecified atom stereocenters. The van der Waals surface area contributed by atoms with E-state index in [1.807, 2.05) is 0 Å². The smallest absolute Gasteiger partial charge is 0.265 e. The first-order valence-electron chi connectivity index (χ1n) is 2.69. The van der Waals surface area contributed by atoms with Crippen molar-refractivity contribution in [1.82, 2.24) is 0 Å². The quantitative estimate of drug-likeness (QED) is 0.557. The van der Waals surface area contributed by atoms with Gasteiger partial charge in [0.05, 0.1) is 5.54 Å². The molecule has 0 aromatic carbocycles. The molecule has 0 heterocycles. The van der Waals surface area contributed by atoms with Gasteiger partial charge in [0.2, 0.25) is 9.84 Å². The largest absolute Gasteiger partial charge is 0.319 e. The van der Waals surface area contributed by atoms with Crippen molar-refractivity contribution in [3.05, 3.63) is 0 Å². The Morgan fingerprint density at radius 1 is 1.40 bits per heavy atom. The molecule has 0 saturated carbocycles. The molecule has 10 heavy (non-hydrogen) atoms. The molecule has 0 saturated heterocycles. The molecule has 0 bridgehead atoms. The third-order valence-corrected chi connectivity index (χ3v) is 2.06. The van der Waals surface area contributed by atoms with E-state index in [2.05, 4.69) is 0 Å². The fourth-order valence-corrected chi connectivity index (χ4v) is 1.43. The highest BCUT2D eigenvalue weighted by atomic mass is 32.2. The lowest BCUT2D eigenvalue weighted by molar-refractivity contribution is -0.115. The first-order valence-corrected chi connectivity index (χ1v) is 4.58. The van der Waals surface area contributed by atoms with Crippen molar-refractivity contribution in [2.24, 2.45) is 5.73 Å². The fraction of sp³-hybridized carbons (Fsp3) is 0.800. The Morgan fingerprint density at radius 2 is 1.70 bits per heavy atom. The summed E-state index contributed by atoms with van der Waals surface area (Å²) in [5.41, 5.74) is 3.95. The van der Waals surface area contributed by atoms with Crippen LogP contribution in [-0.4, -0.2) is 25.3 Å². The highest BCUT2D eigenvalue weighted by Gasteiger charge is 2.30. The van der Waals surface area contributed by atoms with Crippen molar-refractivity contribution in [1.29, 1.82) is 0 Å². The summed E-state index contributed by atoms with van der Waals surface area (Å²) in [6.45, 7) is 2.72. The molecule has 0 atom stereocenters. The maximum atomic E-state index is 10.8. The zero-order valence-electron chi connectivity index (χ0n) is 6.21. The van der Waals surface area contributed by atoms with Crippen LogP contribution in [0, 0.1) is 0 Å². The number of hydrogen-bond donors (Lipinski definition) is 1. The minimum absolute atomic E-state index is 0.851. The van der Waals surface area contributed by atoms with Crippen molar-refractivity contribution in [3.8, 4) is 0 Å². The van der Waals surface area contributed by atoms with E-state index in [1.54, 1.807) is 0 Å². The molecule has 60 valence electrons. The van der Waals surface area contributed by atoms with E-state index in [4.69, 9.17) is 5.73 Å². The molecule has 0 aliphatic rings. The zero-order chi connectivity index (χ0) is 8.58. The molecule has 2 N–H and O–H groups in total. The summed E-state index contributed by atoms with van der Waals surface area (Å²) in [7, 11) is -3.62. The van der Waals surface area contributed by atoms with Crippen LogP contribution in [0.3, 0.4) is 0 Å². The molecule has 0 spiro atoms. The van der Waals surface area contributed by atoms with Crippen LogP contribution in [0.5, 0.6) is 0 Å². The fourth-order valence-electron chi connectivity index (χ4n) is 0.478. The second-order valence-corrected chi connectivity index (χ2v) is 4.70. The number of hydrogen-bond acceptors (Lipinski definition) is 4. The van der Waals surface area contributed by atoms with Crippen LogP contribution in [-0.2, 0) is 14.6 Å². The number of sulfone groups is 1. The Bertz CT molecular complexity index is 234. The van der Waals surface area contributed by atoms with Gasteiger partial charge in [-0.15, -0.1) is 0 Å². The Morgan fingerprint density at radius 3 is 1.70 bits per heavy atom. The molecular formula is C5H11NO3S. The molecule has 5 heteroatoms. The summed E-state index contributed by atoms with van der Waals surface area (Å²) < 4.78 is 21.1. The van der Waals surface area contributed by atoms with Gasteiger partial charge in [-0.3, -0.25) is 4.79 Å². The summed E-state index contributed by atoms with van der Waals surface area (Å²) in [4.78, 5) is 10.8. The Hall–Kier alpha value is -0.420. The highest BCUT2D eigenvalue weighted by Crippen LogP contribution is 2.03. The van der Waals surface area contributed by atoms with Gasteiger partial charge >= 0.3 is 0 Å². The van der Waals surface area contributed by atoms with Crippen LogP contribution in [0.15, 0.2) is 0 Å². The predicted molar refractivity (Wildman–Crippen MR) is 38.1 cm³/mol. The SMILES string of the molecule is CC(C)(N)C(=O)S(C)(=O)=O. The van der Waals surface area contributed by atoms with Crippen molar-refractivity contribution < 1.29 is 13.2 Å². The molecule has 0 radical (unpaired) electrons. The highest BCUT2D eigenvalue weighted by molar-refractivity contribution is 8.05. The number of nitrogens with two attached hydrogens (primary N) is 1. The predicted octanol–water partition coefficient (Wildman–Crippen LogP) is -0.705. The van der Waals surface area contributed by atoms with E-state index in [9.17, 15) is 13.2 Å². The van der Waals surface area contributed by atoms with Crippen molar-refractivity contribution in [2.75, 3.05) is 6.26 Å². The van der Waals surface area contributed by atoms with Gasteiger partial charge in [-0.05, 0) is 13.8 Å². The summed E-state index contributed by atoms with van der Waals surface area (Å²) in [5.74, 6) is 0. The van der Waals surface area contributed by atoms with Gasteiger partial charge in [0.25, 0.3) is 5.12 Å². The molecule has 0 fully saturated rings. The monoisotopic (exact) mass is 165 g/mol. The summed E-state index contributed by atoms with van der Waals surface area (Å²) >= 11 is 0. The Labute approximate surface area is 60.3 Å². The van der Waals surface area contributed by atoms with Crippen LogP contribution >= 0.6 is 0 Å². The maximum absolute atomic E-state index is 10.8. The third-order valence-electron chi connectivity index (χ3n) is 0.863. The maximum Gasteiger partial charge on any atom is 0.265 e. The Kier molecular flexibility index (Phi) is 2.22. The third kappa shape index (κ3) is 2.45. The second kappa shape index (κ2) is 2.32. The van der Waals surface area contributed by atoms with E-state index in [0.717, 1.165) is 6.26 Å². The van der Waals surface area contributed by atoms with Gasteiger partial charge in [0.15, 0.2) is 0 Å². The number of carbonyl (C=O) groups is 1. The molecule has 0 aromatic heterocycles. The molecule has 0 aliphatic heterocycles. The lowest BCUT2D eigenvalue weighted by Gasteiger charge is -2.13. The standard InChI is InChI=1S/C5H11NO3S/c1-5(2,6)4(7)10(3,8)9/h6H2,1-3H3. The van der Waals surface area contributed by atoms with Crippen LogP contribution in [0.25, 0.3) is 0 Å². The number of carbonyl (C=O) groups excluding carboxylic acids is 1.